The van der Waals surface area contributed by atoms with Crippen molar-refractivity contribution in [3.63, 3.8) is 0 Å². The van der Waals surface area contributed by atoms with Crippen molar-refractivity contribution in [2.75, 3.05) is 0 Å². The molecule has 0 saturated carbocycles. The number of benzene rings is 1. The Labute approximate surface area is 113 Å². The lowest BCUT2D eigenvalue weighted by Crippen LogP contribution is -2.13. The molecule has 2 rings (SSSR count). The molecule has 0 atom stereocenters. The smallest absolute Gasteiger partial charge is 0.362 e. The first kappa shape index (κ1) is 13.0. The van der Waals surface area contributed by atoms with E-state index in [1.54, 1.807) is 12.1 Å². The number of carbonyl (C=O) groups is 2. The van der Waals surface area contributed by atoms with Crippen molar-refractivity contribution in [2.45, 2.75) is 0 Å². The normalized spacial score (nSPS) is 9.95. The van der Waals surface area contributed by atoms with Gasteiger partial charge in [-0.3, -0.25) is 0 Å². The minimum absolute atomic E-state index is 0.0742. The molecule has 0 saturated heterocycles. The second kappa shape index (κ2) is 5.49. The maximum absolute atomic E-state index is 11.8. The fourth-order valence-corrected chi connectivity index (χ4v) is 1.46. The Balaban J connectivity index is 2.18. The summed E-state index contributed by atoms with van der Waals surface area (Å²) in [6.07, 6.45) is 0. The number of pyridine rings is 1. The zero-order valence-corrected chi connectivity index (χ0v) is 10.3. The van der Waals surface area contributed by atoms with Gasteiger partial charge in [0.15, 0.2) is 0 Å². The lowest BCUT2D eigenvalue weighted by Gasteiger charge is -2.04. The van der Waals surface area contributed by atoms with E-state index in [0.717, 1.165) is 0 Å². The van der Waals surface area contributed by atoms with E-state index in [0.29, 0.717) is 10.8 Å². The molecule has 0 unspecified atom stereocenters. The highest BCUT2D eigenvalue weighted by molar-refractivity contribution is 6.30. The quantitative estimate of drug-likeness (QED) is 0.689. The average molecular weight is 278 g/mol. The van der Waals surface area contributed by atoms with E-state index in [-0.39, 0.29) is 11.4 Å². The van der Waals surface area contributed by atoms with Crippen LogP contribution >= 0.6 is 11.6 Å². The van der Waals surface area contributed by atoms with Crippen LogP contribution in [0.2, 0.25) is 5.02 Å². The highest BCUT2D eigenvalue weighted by atomic mass is 35.5. The number of hydrogen-bond acceptors (Lipinski definition) is 4. The standard InChI is InChI=1S/C13H8ClNO4/c14-8-4-6-9(7-5-8)19-13(18)11-3-1-2-10(15-11)12(16)17/h1-7H,(H,16,17). The molecule has 6 heteroatoms. The van der Waals surface area contributed by atoms with Crippen molar-refractivity contribution >= 4 is 23.5 Å². The Bertz CT molecular complexity index is 625. The number of carbonyl (C=O) groups excluding carboxylic acids is 1. The Morgan fingerprint density at radius 1 is 1.05 bits per heavy atom. The molecule has 96 valence electrons. The Kier molecular flexibility index (Phi) is 3.77. The average Bonchev–Trinajstić information content (AvgIpc) is 2.41. The van der Waals surface area contributed by atoms with Crippen LogP contribution in [0.3, 0.4) is 0 Å². The fourth-order valence-electron chi connectivity index (χ4n) is 1.33. The summed E-state index contributed by atoms with van der Waals surface area (Å²) >= 11 is 5.70. The van der Waals surface area contributed by atoms with Crippen molar-refractivity contribution in [1.29, 1.82) is 0 Å². The fraction of sp³-hybridized carbons (Fsp3) is 0. The van der Waals surface area contributed by atoms with Gasteiger partial charge >= 0.3 is 11.9 Å². The van der Waals surface area contributed by atoms with E-state index in [4.69, 9.17) is 21.4 Å². The number of carboxylic acids is 1. The topological polar surface area (TPSA) is 76.5 Å². The van der Waals surface area contributed by atoms with Crippen LogP contribution in [0.4, 0.5) is 0 Å². The number of carboxylic acid groups (broad SMARTS) is 1. The number of rotatable bonds is 3. The monoisotopic (exact) mass is 277 g/mol. The van der Waals surface area contributed by atoms with Crippen LogP contribution in [0.1, 0.15) is 21.0 Å². The van der Waals surface area contributed by atoms with E-state index in [9.17, 15) is 9.59 Å². The number of ether oxygens (including phenoxy) is 1. The molecule has 0 aliphatic heterocycles. The van der Waals surface area contributed by atoms with E-state index in [1.807, 2.05) is 0 Å². The van der Waals surface area contributed by atoms with Crippen molar-refractivity contribution in [3.05, 3.63) is 58.9 Å². The number of hydrogen-bond donors (Lipinski definition) is 1. The molecule has 0 bridgehead atoms. The number of nitrogens with zero attached hydrogens (tertiary/aromatic N) is 1. The third-order valence-corrected chi connectivity index (χ3v) is 2.45. The molecule has 19 heavy (non-hydrogen) atoms. The van der Waals surface area contributed by atoms with Gasteiger partial charge in [0, 0.05) is 5.02 Å². The molecular weight excluding hydrogens is 270 g/mol. The largest absolute Gasteiger partial charge is 0.477 e. The Morgan fingerprint density at radius 2 is 1.68 bits per heavy atom. The molecule has 1 heterocycles. The Morgan fingerprint density at radius 3 is 2.32 bits per heavy atom. The first-order valence-electron chi connectivity index (χ1n) is 5.24. The van der Waals surface area contributed by atoms with Gasteiger partial charge in [0.25, 0.3) is 0 Å². The molecule has 1 aromatic heterocycles. The second-order valence-electron chi connectivity index (χ2n) is 3.56. The van der Waals surface area contributed by atoms with E-state index in [2.05, 4.69) is 4.98 Å². The lowest BCUT2D eigenvalue weighted by molar-refractivity contribution is 0.0689. The molecule has 5 nitrogen and oxygen atoms in total. The van der Waals surface area contributed by atoms with Crippen molar-refractivity contribution < 1.29 is 19.4 Å². The van der Waals surface area contributed by atoms with Gasteiger partial charge in [-0.15, -0.1) is 0 Å². The maximum atomic E-state index is 11.8. The van der Waals surface area contributed by atoms with E-state index in [1.165, 1.54) is 30.3 Å². The van der Waals surface area contributed by atoms with Crippen LogP contribution in [-0.4, -0.2) is 22.0 Å². The highest BCUT2D eigenvalue weighted by Gasteiger charge is 2.13. The van der Waals surface area contributed by atoms with E-state index >= 15 is 0 Å². The highest BCUT2D eigenvalue weighted by Crippen LogP contribution is 2.16. The van der Waals surface area contributed by atoms with Crippen LogP contribution in [-0.2, 0) is 0 Å². The van der Waals surface area contributed by atoms with Gasteiger partial charge in [-0.1, -0.05) is 17.7 Å². The summed E-state index contributed by atoms with van der Waals surface area (Å²) in [5, 5.41) is 9.30. The van der Waals surface area contributed by atoms with Crippen LogP contribution < -0.4 is 4.74 Å². The predicted molar refractivity (Wildman–Crippen MR) is 67.6 cm³/mol. The third-order valence-electron chi connectivity index (χ3n) is 2.20. The number of esters is 1. The summed E-state index contributed by atoms with van der Waals surface area (Å²) in [5.41, 5.74) is -0.291. The summed E-state index contributed by atoms with van der Waals surface area (Å²) in [6, 6.07) is 10.3. The van der Waals surface area contributed by atoms with Gasteiger partial charge in [-0.2, -0.15) is 0 Å². The molecular formula is C13H8ClNO4. The van der Waals surface area contributed by atoms with Crippen LogP contribution in [0, 0.1) is 0 Å². The Hall–Kier alpha value is -2.40. The van der Waals surface area contributed by atoms with Gasteiger partial charge < -0.3 is 9.84 Å². The summed E-state index contributed by atoms with van der Waals surface area (Å²) in [4.78, 5) is 26.2. The summed E-state index contributed by atoms with van der Waals surface area (Å²) in [6.45, 7) is 0. The van der Waals surface area contributed by atoms with E-state index < -0.39 is 11.9 Å². The molecule has 0 radical (unpaired) electrons. The lowest BCUT2D eigenvalue weighted by atomic mass is 10.3. The molecule has 0 aliphatic carbocycles. The zero-order chi connectivity index (χ0) is 13.8. The molecule has 0 aliphatic rings. The number of halogens is 1. The molecule has 0 spiro atoms. The van der Waals surface area contributed by atoms with Gasteiger partial charge in [0.2, 0.25) is 0 Å². The number of aromatic nitrogens is 1. The molecule has 1 aromatic carbocycles. The van der Waals surface area contributed by atoms with Crippen LogP contribution in [0.5, 0.6) is 5.75 Å². The first-order chi connectivity index (χ1) is 9.06. The van der Waals surface area contributed by atoms with Gasteiger partial charge in [-0.25, -0.2) is 14.6 Å². The van der Waals surface area contributed by atoms with Gasteiger partial charge in [0.05, 0.1) is 0 Å². The first-order valence-corrected chi connectivity index (χ1v) is 5.62. The number of aromatic carboxylic acids is 1. The molecule has 2 aromatic rings. The SMILES string of the molecule is O=C(O)c1cccc(C(=O)Oc2ccc(Cl)cc2)n1. The van der Waals surface area contributed by atoms with Gasteiger partial charge in [0.1, 0.15) is 17.1 Å². The summed E-state index contributed by atoms with van der Waals surface area (Å²) < 4.78 is 5.04. The third kappa shape index (κ3) is 3.29. The van der Waals surface area contributed by atoms with Crippen molar-refractivity contribution in [1.82, 2.24) is 4.98 Å². The van der Waals surface area contributed by atoms with Gasteiger partial charge in [-0.05, 0) is 36.4 Å². The molecule has 0 fully saturated rings. The molecule has 0 amide bonds. The molecule has 1 N–H and O–H groups in total. The van der Waals surface area contributed by atoms with Crippen LogP contribution in [0.25, 0.3) is 0 Å². The summed E-state index contributed by atoms with van der Waals surface area (Å²) in [5.74, 6) is -1.64. The van der Waals surface area contributed by atoms with Crippen molar-refractivity contribution in [2.24, 2.45) is 0 Å². The second-order valence-corrected chi connectivity index (χ2v) is 3.99. The predicted octanol–water partition coefficient (Wildman–Crippen LogP) is 2.65. The minimum atomic E-state index is -1.21. The minimum Gasteiger partial charge on any atom is -0.477 e. The summed E-state index contributed by atoms with van der Waals surface area (Å²) in [7, 11) is 0. The maximum Gasteiger partial charge on any atom is 0.362 e. The van der Waals surface area contributed by atoms with Crippen molar-refractivity contribution in [3.8, 4) is 5.75 Å². The van der Waals surface area contributed by atoms with Crippen LogP contribution in [0.15, 0.2) is 42.5 Å². The zero-order valence-electron chi connectivity index (χ0n) is 9.54.